The van der Waals surface area contributed by atoms with E-state index in [1.165, 1.54) is 122 Å². The van der Waals surface area contributed by atoms with Crippen LogP contribution in [0.1, 0.15) is 226 Å². The maximum Gasteiger partial charge on any atom is 0.397 e. The summed E-state index contributed by atoms with van der Waals surface area (Å²) in [4.78, 5) is 13.0. The van der Waals surface area contributed by atoms with Crippen LogP contribution >= 0.6 is 0 Å². The van der Waals surface area contributed by atoms with Gasteiger partial charge in [0.2, 0.25) is 0 Å². The highest BCUT2D eigenvalue weighted by molar-refractivity contribution is 7.80. The van der Waals surface area contributed by atoms with Crippen molar-refractivity contribution >= 4 is 16.4 Å². The number of esters is 1. The molecule has 0 amide bonds. The molecule has 1 rings (SSSR count). The second kappa shape index (κ2) is 48.5. The Kier molecular flexibility index (Phi) is 45.4. The van der Waals surface area contributed by atoms with Crippen LogP contribution in [0.3, 0.4) is 0 Å². The van der Waals surface area contributed by atoms with E-state index in [0.717, 1.165) is 77.0 Å². The van der Waals surface area contributed by atoms with E-state index in [-0.39, 0.29) is 19.6 Å². The Labute approximate surface area is 432 Å². The Morgan fingerprint density at radius 2 is 0.972 bits per heavy atom. The van der Waals surface area contributed by atoms with Crippen molar-refractivity contribution in [3.63, 3.8) is 0 Å². The highest BCUT2D eigenvalue weighted by Crippen LogP contribution is 2.26. The van der Waals surface area contributed by atoms with Crippen molar-refractivity contribution in [2.45, 2.75) is 263 Å². The zero-order chi connectivity index (χ0) is 51.7. The molecule has 12 nitrogen and oxygen atoms in total. The summed E-state index contributed by atoms with van der Waals surface area (Å²) in [7, 11) is -5.07. The van der Waals surface area contributed by atoms with Crippen LogP contribution in [-0.2, 0) is 38.3 Å². The summed E-state index contributed by atoms with van der Waals surface area (Å²) in [6.45, 7) is 3.88. The van der Waals surface area contributed by atoms with Gasteiger partial charge >= 0.3 is 16.4 Å². The van der Waals surface area contributed by atoms with Crippen LogP contribution in [0, 0.1) is 0 Å². The van der Waals surface area contributed by atoms with E-state index in [4.69, 9.17) is 18.9 Å². The average Bonchev–Trinajstić information content (AvgIpc) is 3.35. The van der Waals surface area contributed by atoms with E-state index in [1.54, 1.807) is 0 Å². The van der Waals surface area contributed by atoms with Gasteiger partial charge in [0, 0.05) is 13.0 Å². The molecule has 1 aliphatic rings. The minimum Gasteiger partial charge on any atom is -0.457 e. The predicted octanol–water partition coefficient (Wildman–Crippen LogP) is 13.8. The topological polar surface area (TPSA) is 178 Å². The zero-order valence-electron chi connectivity index (χ0n) is 44.5. The molecule has 0 aliphatic carbocycles. The van der Waals surface area contributed by atoms with Gasteiger partial charge in [-0.15, -0.1) is 0 Å². The molecule has 0 saturated carbocycles. The van der Waals surface area contributed by atoms with Gasteiger partial charge in [-0.1, -0.05) is 209 Å². The van der Waals surface area contributed by atoms with E-state index < -0.39 is 59.8 Å². The van der Waals surface area contributed by atoms with Gasteiger partial charge in [-0.25, -0.2) is 4.18 Å². The molecule has 0 bridgehead atoms. The molecule has 0 aromatic carbocycles. The lowest BCUT2D eigenvalue weighted by atomic mass is 9.99. The van der Waals surface area contributed by atoms with Crippen molar-refractivity contribution in [2.24, 2.45) is 0 Å². The normalized spacial score (nSPS) is 19.5. The molecular weight excluding hydrogens is 921 g/mol. The molecule has 412 valence electrons. The predicted molar refractivity (Wildman–Crippen MR) is 289 cm³/mol. The Hall–Kier alpha value is -2.46. The second-order valence-corrected chi connectivity index (χ2v) is 20.2. The lowest BCUT2D eigenvalue weighted by molar-refractivity contribution is -0.301. The quantitative estimate of drug-likeness (QED) is 0.0196. The van der Waals surface area contributed by atoms with E-state index in [2.05, 4.69) is 90.9 Å². The first-order chi connectivity index (χ1) is 34.6. The molecule has 13 heteroatoms. The molecule has 4 N–H and O–H groups in total. The third-order valence-electron chi connectivity index (χ3n) is 12.6. The fourth-order valence-electron chi connectivity index (χ4n) is 8.34. The van der Waals surface area contributed by atoms with E-state index >= 15 is 0 Å². The number of carbonyl (C=O) groups excluding carboxylic acids is 1. The van der Waals surface area contributed by atoms with Crippen LogP contribution in [0.4, 0.5) is 0 Å². The Bertz CT molecular complexity index is 1510. The van der Waals surface area contributed by atoms with Crippen molar-refractivity contribution < 1.29 is 56.2 Å². The van der Waals surface area contributed by atoms with Crippen molar-refractivity contribution in [2.75, 3.05) is 26.4 Å². The smallest absolute Gasteiger partial charge is 0.397 e. The monoisotopic (exact) mass is 1020 g/mol. The van der Waals surface area contributed by atoms with E-state index in [9.17, 15) is 33.1 Å². The van der Waals surface area contributed by atoms with Gasteiger partial charge in [-0.3, -0.25) is 9.35 Å². The number of hydrogen-bond donors (Lipinski definition) is 4. The Morgan fingerprint density at radius 3 is 1.44 bits per heavy atom. The number of allylic oxidation sites excluding steroid dienone is 12. The minimum absolute atomic E-state index is 0.0291. The summed E-state index contributed by atoms with van der Waals surface area (Å²) in [5, 5.41) is 30.8. The number of aliphatic hydroxyl groups is 3. The highest BCUT2D eigenvalue weighted by atomic mass is 32.3. The molecule has 0 aromatic rings. The van der Waals surface area contributed by atoms with Crippen LogP contribution in [-0.4, -0.2) is 97.5 Å². The van der Waals surface area contributed by atoms with Crippen molar-refractivity contribution in [3.8, 4) is 0 Å². The van der Waals surface area contributed by atoms with Gasteiger partial charge in [0.05, 0.1) is 19.8 Å². The van der Waals surface area contributed by atoms with Crippen molar-refractivity contribution in [1.82, 2.24) is 0 Å². The minimum atomic E-state index is -5.07. The fourth-order valence-corrected chi connectivity index (χ4v) is 8.85. The molecule has 1 saturated heterocycles. The summed E-state index contributed by atoms with van der Waals surface area (Å²) >= 11 is 0. The number of carbonyl (C=O) groups is 1. The second-order valence-electron chi connectivity index (χ2n) is 19.1. The maximum absolute atomic E-state index is 13.0. The lowest BCUT2D eigenvalue weighted by Gasteiger charge is -2.41. The number of rotatable bonds is 49. The highest BCUT2D eigenvalue weighted by Gasteiger charge is 2.48. The van der Waals surface area contributed by atoms with Gasteiger partial charge in [0.15, 0.2) is 6.29 Å². The first kappa shape index (κ1) is 66.6. The lowest BCUT2D eigenvalue weighted by Crippen LogP contribution is -2.60. The molecule has 1 aliphatic heterocycles. The molecule has 1 fully saturated rings. The van der Waals surface area contributed by atoms with Crippen LogP contribution < -0.4 is 0 Å². The SMILES string of the molecule is CC/C=C\C/C=C\C/C=C\C/C=C\C/C=C\CCCCCCCCCCCC(=O)OC(COCCCCCCCCCC/C=C\CCCCCCCCC)COC1OC(CO)C(O)C(OS(=O)(=O)O)C1O. The standard InChI is InChI=1S/C58H102O12S/c1-3-5-7-9-11-13-15-17-19-21-23-24-25-26-27-28-29-31-33-35-37-39-41-43-45-47-54(60)68-52(51-67-58-56(62)57(70-71(63,64)65)55(61)53(49-59)69-58)50-66-48-46-44-42-40-38-36-34-32-30-22-20-18-16-14-12-10-8-6-4-2/h5,7,11,13,17,19-20,22-24,26-27,52-53,55-59,61-62H,3-4,6,8-10,12,14-16,18,21,25,28-51H2,1-2H3,(H,63,64,65)/b7-5-,13-11-,19-17-,22-20-,24-23-,27-26-. The summed E-state index contributed by atoms with van der Waals surface area (Å²) in [5.41, 5.74) is 0. The van der Waals surface area contributed by atoms with E-state index in [1.807, 2.05) is 0 Å². The molecular formula is C58H102O12S. The molecule has 0 spiro atoms. The summed E-state index contributed by atoms with van der Waals surface area (Å²) in [6, 6.07) is 0. The molecule has 0 aromatic heterocycles. The molecule has 6 unspecified atom stereocenters. The third kappa shape index (κ3) is 41.6. The largest absolute Gasteiger partial charge is 0.457 e. The molecule has 6 atom stereocenters. The van der Waals surface area contributed by atoms with Crippen molar-refractivity contribution in [3.05, 3.63) is 72.9 Å². The average molecular weight is 1020 g/mol. The van der Waals surface area contributed by atoms with Gasteiger partial charge in [0.1, 0.15) is 30.5 Å². The fraction of sp³-hybridized carbons (Fsp3) is 0.776. The van der Waals surface area contributed by atoms with Crippen LogP contribution in [0.2, 0.25) is 0 Å². The van der Waals surface area contributed by atoms with E-state index in [0.29, 0.717) is 13.0 Å². The van der Waals surface area contributed by atoms with Crippen LogP contribution in [0.15, 0.2) is 72.9 Å². The first-order valence-corrected chi connectivity index (χ1v) is 29.6. The number of aliphatic hydroxyl groups excluding tert-OH is 3. The Balaban J connectivity index is 2.32. The summed E-state index contributed by atoms with van der Waals surface area (Å²) < 4.78 is 59.4. The van der Waals surface area contributed by atoms with Crippen molar-refractivity contribution in [1.29, 1.82) is 0 Å². The molecule has 71 heavy (non-hydrogen) atoms. The van der Waals surface area contributed by atoms with Gasteiger partial charge in [0.25, 0.3) is 0 Å². The van der Waals surface area contributed by atoms with Gasteiger partial charge < -0.3 is 34.3 Å². The number of ether oxygens (including phenoxy) is 4. The number of unbranched alkanes of at least 4 members (excludes halogenated alkanes) is 24. The summed E-state index contributed by atoms with van der Waals surface area (Å²) in [5.74, 6) is -0.407. The van der Waals surface area contributed by atoms with Crippen LogP contribution in [0.25, 0.3) is 0 Å². The van der Waals surface area contributed by atoms with Crippen LogP contribution in [0.5, 0.6) is 0 Å². The zero-order valence-corrected chi connectivity index (χ0v) is 45.3. The Morgan fingerprint density at radius 1 is 0.549 bits per heavy atom. The maximum atomic E-state index is 13.0. The van der Waals surface area contributed by atoms with Gasteiger partial charge in [-0.2, -0.15) is 8.42 Å². The summed E-state index contributed by atoms with van der Waals surface area (Å²) in [6.07, 6.45) is 55.0. The molecule has 1 heterocycles. The first-order valence-electron chi connectivity index (χ1n) is 28.2. The molecule has 0 radical (unpaired) electrons. The number of hydrogen-bond acceptors (Lipinski definition) is 11. The van der Waals surface area contributed by atoms with Gasteiger partial charge in [-0.05, 0) is 83.5 Å². The third-order valence-corrected chi connectivity index (χ3v) is 13.0.